The van der Waals surface area contributed by atoms with Crippen molar-refractivity contribution in [1.29, 1.82) is 0 Å². The van der Waals surface area contributed by atoms with Crippen LogP contribution in [0.4, 0.5) is 0 Å². The zero-order chi connectivity index (χ0) is 19.3. The van der Waals surface area contributed by atoms with E-state index in [1.807, 2.05) is 30.3 Å². The van der Waals surface area contributed by atoms with E-state index in [1.165, 1.54) is 16.7 Å². The summed E-state index contributed by atoms with van der Waals surface area (Å²) in [4.78, 5) is 11.1. The van der Waals surface area contributed by atoms with Gasteiger partial charge < -0.3 is 19.3 Å². The van der Waals surface area contributed by atoms with Gasteiger partial charge in [0.25, 0.3) is 0 Å². The fourth-order valence-electron chi connectivity index (χ4n) is 3.36. The molecular formula is C22H26O5. The number of hydrogen-bond donors (Lipinski definition) is 1. The third-order valence-corrected chi connectivity index (χ3v) is 4.93. The molecule has 0 amide bonds. The van der Waals surface area contributed by atoms with E-state index in [0.29, 0.717) is 25.6 Å². The van der Waals surface area contributed by atoms with E-state index in [4.69, 9.17) is 19.3 Å². The van der Waals surface area contributed by atoms with Gasteiger partial charge in [-0.2, -0.15) is 0 Å². The Morgan fingerprint density at radius 3 is 2.44 bits per heavy atom. The van der Waals surface area contributed by atoms with E-state index in [1.54, 1.807) is 0 Å². The zero-order valence-corrected chi connectivity index (χ0v) is 15.9. The monoisotopic (exact) mass is 370 g/mol. The summed E-state index contributed by atoms with van der Waals surface area (Å²) >= 11 is 0. The first kappa shape index (κ1) is 19.4. The van der Waals surface area contributed by atoms with Crippen molar-refractivity contribution < 1.29 is 24.1 Å². The molecule has 1 saturated heterocycles. The van der Waals surface area contributed by atoms with Crippen molar-refractivity contribution in [3.63, 3.8) is 0 Å². The first-order chi connectivity index (χ1) is 13.0. The van der Waals surface area contributed by atoms with Crippen LogP contribution in [0.2, 0.25) is 0 Å². The Morgan fingerprint density at radius 2 is 1.78 bits per heavy atom. The van der Waals surface area contributed by atoms with Crippen molar-refractivity contribution in [2.24, 2.45) is 0 Å². The van der Waals surface area contributed by atoms with Gasteiger partial charge in [0.2, 0.25) is 0 Å². The Kier molecular flexibility index (Phi) is 6.14. The first-order valence-corrected chi connectivity index (χ1v) is 9.28. The van der Waals surface area contributed by atoms with Gasteiger partial charge in [-0.25, -0.2) is 0 Å². The van der Waals surface area contributed by atoms with Gasteiger partial charge in [-0.05, 0) is 49.1 Å². The standard InChI is InChI=1S/C22H26O5/c1-16-6-3-7-17(2)20(16)15-25-19-9-4-8-18(14-19)22(11-10-21(23)24)26-12-5-13-27-22/h3-4,6-9,14H,5,10-13,15H2,1-2H3,(H,23,24). The number of hydrogen-bond acceptors (Lipinski definition) is 4. The maximum absolute atomic E-state index is 11.1. The van der Waals surface area contributed by atoms with Crippen LogP contribution >= 0.6 is 0 Å². The van der Waals surface area contributed by atoms with Crippen LogP contribution in [0.25, 0.3) is 0 Å². The van der Waals surface area contributed by atoms with Crippen LogP contribution in [0.5, 0.6) is 5.75 Å². The number of carboxylic acid groups (broad SMARTS) is 1. The van der Waals surface area contributed by atoms with Gasteiger partial charge in [-0.15, -0.1) is 0 Å². The van der Waals surface area contributed by atoms with Crippen LogP contribution in [0.3, 0.4) is 0 Å². The van der Waals surface area contributed by atoms with E-state index < -0.39 is 11.8 Å². The molecule has 0 saturated carbocycles. The Labute approximate surface area is 159 Å². The predicted octanol–water partition coefficient (Wildman–Crippen LogP) is 4.34. The molecule has 1 aliphatic heterocycles. The lowest BCUT2D eigenvalue weighted by Crippen LogP contribution is -2.38. The van der Waals surface area contributed by atoms with E-state index in [0.717, 1.165) is 12.0 Å². The smallest absolute Gasteiger partial charge is 0.303 e. The Balaban J connectivity index is 1.79. The third kappa shape index (κ3) is 4.67. The minimum atomic E-state index is -1.02. The molecule has 1 N–H and O–H groups in total. The van der Waals surface area contributed by atoms with Crippen LogP contribution in [-0.2, 0) is 26.7 Å². The summed E-state index contributed by atoms with van der Waals surface area (Å²) in [5.41, 5.74) is 4.36. The molecule has 3 rings (SSSR count). The number of ether oxygens (including phenoxy) is 3. The van der Waals surface area contributed by atoms with Gasteiger partial charge >= 0.3 is 5.97 Å². The summed E-state index contributed by atoms with van der Waals surface area (Å²) in [6.07, 6.45) is 1.05. The highest BCUT2D eigenvalue weighted by molar-refractivity contribution is 5.66. The number of carboxylic acids is 1. The summed E-state index contributed by atoms with van der Waals surface area (Å²) in [6, 6.07) is 13.8. The Hall–Kier alpha value is -2.37. The minimum absolute atomic E-state index is 0.0203. The normalized spacial score (nSPS) is 16.1. The first-order valence-electron chi connectivity index (χ1n) is 9.28. The highest BCUT2D eigenvalue weighted by Gasteiger charge is 2.37. The molecule has 144 valence electrons. The predicted molar refractivity (Wildman–Crippen MR) is 102 cm³/mol. The van der Waals surface area contributed by atoms with Crippen molar-refractivity contribution >= 4 is 5.97 Å². The van der Waals surface area contributed by atoms with Crippen molar-refractivity contribution in [2.45, 2.75) is 45.5 Å². The second-order valence-electron chi connectivity index (χ2n) is 6.88. The fourth-order valence-corrected chi connectivity index (χ4v) is 3.36. The third-order valence-electron chi connectivity index (χ3n) is 4.93. The van der Waals surface area contributed by atoms with Crippen LogP contribution in [0.15, 0.2) is 42.5 Å². The maximum Gasteiger partial charge on any atom is 0.303 e. The molecule has 0 radical (unpaired) electrons. The summed E-state index contributed by atoms with van der Waals surface area (Å²) in [6.45, 7) is 5.73. The molecule has 0 aromatic heterocycles. The van der Waals surface area contributed by atoms with Gasteiger partial charge in [0.05, 0.1) is 19.6 Å². The van der Waals surface area contributed by atoms with Gasteiger partial charge in [0.1, 0.15) is 12.4 Å². The van der Waals surface area contributed by atoms with Crippen molar-refractivity contribution in [2.75, 3.05) is 13.2 Å². The highest BCUT2D eigenvalue weighted by Crippen LogP contribution is 2.37. The Bertz CT molecular complexity index is 773. The van der Waals surface area contributed by atoms with Gasteiger partial charge in [0.15, 0.2) is 5.79 Å². The van der Waals surface area contributed by atoms with Gasteiger partial charge in [-0.1, -0.05) is 30.3 Å². The summed E-state index contributed by atoms with van der Waals surface area (Å²) in [5.74, 6) is -1.17. The molecule has 27 heavy (non-hydrogen) atoms. The molecular weight excluding hydrogens is 344 g/mol. The molecule has 2 aromatic rings. The zero-order valence-electron chi connectivity index (χ0n) is 15.9. The largest absolute Gasteiger partial charge is 0.489 e. The SMILES string of the molecule is Cc1cccc(C)c1COc1cccc(C2(CCC(=O)O)OCCCO2)c1. The lowest BCUT2D eigenvalue weighted by Gasteiger charge is -2.37. The van der Waals surface area contributed by atoms with Crippen LogP contribution < -0.4 is 4.74 Å². The van der Waals surface area contributed by atoms with E-state index in [9.17, 15) is 4.79 Å². The van der Waals surface area contributed by atoms with E-state index >= 15 is 0 Å². The van der Waals surface area contributed by atoms with E-state index in [-0.39, 0.29) is 12.8 Å². The molecule has 0 bridgehead atoms. The fraction of sp³-hybridized carbons (Fsp3) is 0.409. The number of benzene rings is 2. The summed E-state index contributed by atoms with van der Waals surface area (Å²) in [5, 5.41) is 9.09. The number of aryl methyl sites for hydroxylation is 2. The van der Waals surface area contributed by atoms with Crippen LogP contribution in [0, 0.1) is 13.8 Å². The van der Waals surface area contributed by atoms with Crippen LogP contribution in [-0.4, -0.2) is 24.3 Å². The number of carbonyl (C=O) groups is 1. The lowest BCUT2D eigenvalue weighted by atomic mass is 9.99. The molecule has 1 fully saturated rings. The van der Waals surface area contributed by atoms with Crippen molar-refractivity contribution in [3.05, 3.63) is 64.7 Å². The molecule has 0 unspecified atom stereocenters. The molecule has 0 spiro atoms. The van der Waals surface area contributed by atoms with Gasteiger partial charge in [-0.3, -0.25) is 4.79 Å². The maximum atomic E-state index is 11.1. The second kappa shape index (κ2) is 8.55. The molecule has 0 aliphatic carbocycles. The van der Waals surface area contributed by atoms with E-state index in [2.05, 4.69) is 26.0 Å². The molecule has 2 aromatic carbocycles. The molecule has 5 nitrogen and oxygen atoms in total. The van der Waals surface area contributed by atoms with Crippen molar-refractivity contribution in [1.82, 2.24) is 0 Å². The van der Waals surface area contributed by atoms with Crippen molar-refractivity contribution in [3.8, 4) is 5.75 Å². The summed E-state index contributed by atoms with van der Waals surface area (Å²) < 4.78 is 17.9. The lowest BCUT2D eigenvalue weighted by molar-refractivity contribution is -0.280. The minimum Gasteiger partial charge on any atom is -0.489 e. The highest BCUT2D eigenvalue weighted by atomic mass is 16.7. The second-order valence-corrected chi connectivity index (χ2v) is 6.88. The summed E-state index contributed by atoms with van der Waals surface area (Å²) in [7, 11) is 0. The topological polar surface area (TPSA) is 65.0 Å². The van der Waals surface area contributed by atoms with Crippen LogP contribution in [0.1, 0.15) is 41.5 Å². The molecule has 1 aliphatic rings. The average molecular weight is 370 g/mol. The number of rotatable bonds is 7. The van der Waals surface area contributed by atoms with Gasteiger partial charge in [0, 0.05) is 12.0 Å². The average Bonchev–Trinajstić information content (AvgIpc) is 2.67. The molecule has 0 atom stereocenters. The molecule has 5 heteroatoms. The Morgan fingerprint density at radius 1 is 1.11 bits per heavy atom. The molecule has 1 heterocycles. The quantitative estimate of drug-likeness (QED) is 0.785. The number of aliphatic carboxylic acids is 1.